The summed E-state index contributed by atoms with van der Waals surface area (Å²) in [7, 11) is 0. The van der Waals surface area contributed by atoms with Crippen LogP contribution in [-0.2, 0) is 52.2 Å². The lowest BCUT2D eigenvalue weighted by Crippen LogP contribution is -2.70. The van der Waals surface area contributed by atoms with Crippen molar-refractivity contribution >= 4 is 11.8 Å². The number of aliphatic hydroxyl groups is 14. The Labute approximate surface area is 346 Å². The monoisotopic (exact) mass is 894 g/mol. The molecule has 27 heteroatoms. The van der Waals surface area contributed by atoms with Crippen LogP contribution in [0.1, 0.15) is 20.8 Å². The summed E-state index contributed by atoms with van der Waals surface area (Å²) in [4.78, 5) is 24.5. The molecule has 354 valence electrons. The number of ether oxygens (including phenoxy) is 9. The second-order valence-corrected chi connectivity index (χ2v) is 15.5. The minimum Gasteiger partial charge on any atom is -0.394 e. The van der Waals surface area contributed by atoms with E-state index < -0.39 is 192 Å². The van der Waals surface area contributed by atoms with Crippen molar-refractivity contribution in [3.8, 4) is 0 Å². The average Bonchev–Trinajstić information content (AvgIpc) is 3.21. The first kappa shape index (κ1) is 50.0. The van der Waals surface area contributed by atoms with Gasteiger partial charge in [0, 0.05) is 13.8 Å². The third kappa shape index (κ3) is 11.1. The quantitative estimate of drug-likeness (QED) is 0.0770. The molecule has 5 aliphatic heterocycles. The number of amides is 2. The molecule has 25 atom stereocenters. The van der Waals surface area contributed by atoms with Gasteiger partial charge in [0.2, 0.25) is 11.8 Å². The highest BCUT2D eigenvalue weighted by molar-refractivity contribution is 5.73. The minimum atomic E-state index is -2.05. The van der Waals surface area contributed by atoms with E-state index in [0.717, 1.165) is 13.8 Å². The predicted molar refractivity (Wildman–Crippen MR) is 188 cm³/mol. The fourth-order valence-electron chi connectivity index (χ4n) is 7.58. The molecule has 0 aliphatic carbocycles. The predicted octanol–water partition coefficient (Wildman–Crippen LogP) is -10.6. The molecule has 5 aliphatic rings. The molecule has 0 aromatic heterocycles. The van der Waals surface area contributed by atoms with E-state index in [4.69, 9.17) is 42.6 Å². The summed E-state index contributed by atoms with van der Waals surface area (Å²) in [5, 5.41) is 152. The first-order valence-corrected chi connectivity index (χ1v) is 19.4. The lowest BCUT2D eigenvalue weighted by atomic mass is 9.94. The lowest BCUT2D eigenvalue weighted by molar-refractivity contribution is -0.367. The van der Waals surface area contributed by atoms with E-state index in [1.165, 1.54) is 6.92 Å². The van der Waals surface area contributed by atoms with E-state index in [-0.39, 0.29) is 0 Å². The van der Waals surface area contributed by atoms with Crippen molar-refractivity contribution in [2.45, 2.75) is 174 Å². The normalized spacial score (nSPS) is 49.6. The zero-order valence-corrected chi connectivity index (χ0v) is 33.0. The van der Waals surface area contributed by atoms with E-state index in [2.05, 4.69) is 10.6 Å². The largest absolute Gasteiger partial charge is 0.394 e. The highest BCUT2D eigenvalue weighted by atomic mass is 16.8. The van der Waals surface area contributed by atoms with Crippen molar-refractivity contribution in [3.63, 3.8) is 0 Å². The molecule has 0 radical (unpaired) electrons. The van der Waals surface area contributed by atoms with Crippen LogP contribution in [0.5, 0.6) is 0 Å². The third-order valence-electron chi connectivity index (χ3n) is 11.0. The average molecular weight is 895 g/mol. The highest BCUT2D eigenvalue weighted by Gasteiger charge is 2.55. The fraction of sp³-hybridized carbons (Fsp3) is 0.941. The van der Waals surface area contributed by atoms with E-state index in [1.807, 2.05) is 0 Å². The molecule has 5 saturated heterocycles. The van der Waals surface area contributed by atoms with Gasteiger partial charge >= 0.3 is 0 Å². The highest BCUT2D eigenvalue weighted by Crippen LogP contribution is 2.34. The molecule has 0 aromatic carbocycles. The van der Waals surface area contributed by atoms with Gasteiger partial charge in [-0.1, -0.05) is 0 Å². The summed E-state index contributed by atoms with van der Waals surface area (Å²) in [6.45, 7) is 0.353. The Kier molecular flexibility index (Phi) is 17.5. The van der Waals surface area contributed by atoms with Gasteiger partial charge < -0.3 is 125 Å². The van der Waals surface area contributed by atoms with Crippen LogP contribution < -0.4 is 10.6 Å². The molecule has 16 N–H and O–H groups in total. The molecule has 1 unspecified atom stereocenters. The molecule has 5 fully saturated rings. The zero-order chi connectivity index (χ0) is 45.2. The van der Waals surface area contributed by atoms with E-state index in [0.29, 0.717) is 0 Å². The Morgan fingerprint density at radius 2 is 0.885 bits per heavy atom. The fourth-order valence-corrected chi connectivity index (χ4v) is 7.58. The SMILES string of the molecule is CC(=O)N[C@H]1[C@H](O[C@H]2[C@H](O)[C@@H](NC(C)=O)C(O)O[C@@H]2CO[C@H]2O[C@H](C)[C@H](O)[C@H](O)[C@H]2O)O[C@H](CO)[C@@H](O[C@H]2O[C@@H](CO[C@@H]3O[C@@H](CO)[C@H](O)[C@@H](O)[C@H]3O)[C@H](O)[C@@H](O)[C@H]2O)[C@@H]1O. The second kappa shape index (κ2) is 21.3. The smallest absolute Gasteiger partial charge is 0.217 e. The lowest BCUT2D eigenvalue weighted by Gasteiger charge is -2.49. The van der Waals surface area contributed by atoms with Gasteiger partial charge in [0.25, 0.3) is 0 Å². The van der Waals surface area contributed by atoms with Crippen molar-refractivity contribution in [1.82, 2.24) is 10.6 Å². The van der Waals surface area contributed by atoms with E-state index in [1.54, 1.807) is 0 Å². The molecular formula is C34H58N2O25. The topological polar surface area (TPSA) is 424 Å². The van der Waals surface area contributed by atoms with Gasteiger partial charge in [0.1, 0.15) is 116 Å². The maximum atomic E-state index is 12.5. The number of nitrogens with one attached hydrogen (secondary N) is 2. The van der Waals surface area contributed by atoms with Gasteiger partial charge in [-0.3, -0.25) is 9.59 Å². The molecular weight excluding hydrogens is 836 g/mol. The van der Waals surface area contributed by atoms with Gasteiger partial charge in [-0.2, -0.15) is 0 Å². The molecule has 5 rings (SSSR count). The van der Waals surface area contributed by atoms with Crippen LogP contribution in [0.15, 0.2) is 0 Å². The first-order valence-electron chi connectivity index (χ1n) is 19.4. The summed E-state index contributed by atoms with van der Waals surface area (Å²) in [5.41, 5.74) is 0. The molecule has 5 heterocycles. The summed E-state index contributed by atoms with van der Waals surface area (Å²) in [5.74, 6) is -1.50. The maximum Gasteiger partial charge on any atom is 0.217 e. The molecule has 0 aromatic rings. The standard InChI is InChI=1S/C34H58N2O25/c1-8-17(41)22(46)25(49)32(55-8)54-7-14-29(20(44)15(30(52)56-14)35-9(2)39)60-31-16(36-10(3)40)21(45)28(12(5-38)58-31)61-34-27(51)24(48)19(43)13(59-34)6-53-33-26(50)23(47)18(42)11(4-37)57-33/h8,11-34,37-38,41-52H,4-7H2,1-3H3,(H,35,39)(H,36,40)/t8-,11+,12-,13+,14-,15-,16-,17+,18+,19+,20-,21-,22+,23-,24-,25-,26-,27-,28-,29-,30?,31+,32+,33-,34-/m1/s1. The van der Waals surface area contributed by atoms with Gasteiger partial charge in [-0.05, 0) is 6.92 Å². The Morgan fingerprint density at radius 3 is 1.46 bits per heavy atom. The molecule has 0 spiro atoms. The number of hydrogen-bond acceptors (Lipinski definition) is 25. The summed E-state index contributed by atoms with van der Waals surface area (Å²) >= 11 is 0. The van der Waals surface area contributed by atoms with Crippen molar-refractivity contribution in [1.29, 1.82) is 0 Å². The van der Waals surface area contributed by atoms with E-state index in [9.17, 15) is 81.1 Å². The minimum absolute atomic E-state index is 0.676. The van der Waals surface area contributed by atoms with Crippen molar-refractivity contribution in [2.75, 3.05) is 26.4 Å². The van der Waals surface area contributed by atoms with Crippen LogP contribution in [0, 0.1) is 0 Å². The summed E-state index contributed by atoms with van der Waals surface area (Å²) < 4.78 is 50.8. The Balaban J connectivity index is 1.33. The number of carbonyl (C=O) groups excluding carboxylic acids is 2. The second-order valence-electron chi connectivity index (χ2n) is 15.5. The Morgan fingerprint density at radius 1 is 0.459 bits per heavy atom. The van der Waals surface area contributed by atoms with Gasteiger partial charge in [0.05, 0.1) is 32.5 Å². The zero-order valence-electron chi connectivity index (χ0n) is 33.0. The molecule has 27 nitrogen and oxygen atoms in total. The van der Waals surface area contributed by atoms with Crippen LogP contribution in [0.3, 0.4) is 0 Å². The molecule has 0 bridgehead atoms. The maximum absolute atomic E-state index is 12.5. The van der Waals surface area contributed by atoms with Crippen LogP contribution in [-0.4, -0.2) is 263 Å². The first-order chi connectivity index (χ1) is 28.7. The van der Waals surface area contributed by atoms with Gasteiger partial charge in [-0.25, -0.2) is 0 Å². The summed E-state index contributed by atoms with van der Waals surface area (Å²) in [6.07, 6.45) is -39.7. The van der Waals surface area contributed by atoms with Crippen LogP contribution in [0.2, 0.25) is 0 Å². The Bertz CT molecular complexity index is 1420. The van der Waals surface area contributed by atoms with Gasteiger partial charge in [0.15, 0.2) is 31.5 Å². The van der Waals surface area contributed by atoms with E-state index >= 15 is 0 Å². The van der Waals surface area contributed by atoms with Crippen LogP contribution in [0.4, 0.5) is 0 Å². The van der Waals surface area contributed by atoms with Crippen molar-refractivity contribution < 1.29 is 124 Å². The van der Waals surface area contributed by atoms with Gasteiger partial charge in [-0.15, -0.1) is 0 Å². The van der Waals surface area contributed by atoms with Crippen molar-refractivity contribution in [3.05, 3.63) is 0 Å². The van der Waals surface area contributed by atoms with Crippen LogP contribution in [0.25, 0.3) is 0 Å². The number of aliphatic hydroxyl groups excluding tert-OH is 14. The third-order valence-corrected chi connectivity index (χ3v) is 11.0. The number of hydrogen-bond donors (Lipinski definition) is 16. The summed E-state index contributed by atoms with van der Waals surface area (Å²) in [6, 6.07) is -3.23. The van der Waals surface area contributed by atoms with Crippen LogP contribution >= 0.6 is 0 Å². The number of rotatable bonds is 14. The number of carbonyl (C=O) groups is 2. The van der Waals surface area contributed by atoms with Crippen molar-refractivity contribution in [2.24, 2.45) is 0 Å². The molecule has 0 saturated carbocycles. The molecule has 2 amide bonds. The molecule has 61 heavy (non-hydrogen) atoms. The Hall–Kier alpha value is -1.98.